The van der Waals surface area contributed by atoms with Gasteiger partial charge in [-0.25, -0.2) is 9.18 Å². The minimum Gasteiger partial charge on any atom is -0.505 e. The van der Waals surface area contributed by atoms with Crippen molar-refractivity contribution in [2.75, 3.05) is 6.61 Å². The van der Waals surface area contributed by atoms with E-state index < -0.39 is 35.8 Å². The van der Waals surface area contributed by atoms with Crippen molar-refractivity contribution in [2.45, 2.75) is 18.6 Å². The lowest BCUT2D eigenvalue weighted by Gasteiger charge is -2.28. The molecular formula is C24H22FNO6. The van der Waals surface area contributed by atoms with Crippen LogP contribution in [0, 0.1) is 5.82 Å². The predicted octanol–water partition coefficient (Wildman–Crippen LogP) is 3.97. The molecule has 3 N–H and O–H groups in total. The smallest absolute Gasteiger partial charge is 0.414 e. The van der Waals surface area contributed by atoms with Gasteiger partial charge in [-0.05, 0) is 42.0 Å². The molecule has 0 fully saturated rings. The fraction of sp³-hybridized carbons (Fsp3) is 0.167. The Kier molecular flexibility index (Phi) is 7.77. The Morgan fingerprint density at radius 2 is 1.62 bits per heavy atom. The molecule has 0 unspecified atom stereocenters. The summed E-state index contributed by atoms with van der Waals surface area (Å²) in [6.45, 7) is -0.303. The maximum atomic E-state index is 14.0. The summed E-state index contributed by atoms with van der Waals surface area (Å²) in [4.78, 5) is 24.8. The fourth-order valence-electron chi connectivity index (χ4n) is 3.03. The number of aliphatic hydroxyl groups excluding tert-OH is 1. The van der Waals surface area contributed by atoms with Crippen LogP contribution in [0.3, 0.4) is 0 Å². The Labute approximate surface area is 184 Å². The molecule has 32 heavy (non-hydrogen) atoms. The van der Waals surface area contributed by atoms with E-state index in [-0.39, 0.29) is 24.2 Å². The van der Waals surface area contributed by atoms with E-state index in [4.69, 9.17) is 9.47 Å². The molecule has 2 atom stereocenters. The Bertz CT molecular complexity index is 1040. The number of hydrogen-bond donors (Lipinski definition) is 3. The molecule has 0 aliphatic rings. The number of hydrogen-bond acceptors (Lipinski definition) is 6. The zero-order valence-electron chi connectivity index (χ0n) is 17.0. The van der Waals surface area contributed by atoms with E-state index >= 15 is 0 Å². The van der Waals surface area contributed by atoms with E-state index in [2.05, 4.69) is 5.32 Å². The SMILES string of the molecule is O=C(NC(=O)c1ccccc1)O[C@H](c1ccc(O)c(F)c1)[C@@H](CCO)Oc1ccccc1. The molecule has 0 saturated carbocycles. The maximum Gasteiger partial charge on any atom is 0.414 e. The Morgan fingerprint density at radius 3 is 2.25 bits per heavy atom. The number of carbonyl (C=O) groups excluding carboxylic acids is 2. The monoisotopic (exact) mass is 439 g/mol. The maximum absolute atomic E-state index is 14.0. The van der Waals surface area contributed by atoms with Crippen LogP contribution in [-0.2, 0) is 4.74 Å². The average molecular weight is 439 g/mol. The van der Waals surface area contributed by atoms with Crippen LogP contribution in [0.4, 0.5) is 9.18 Å². The highest BCUT2D eigenvalue weighted by molar-refractivity contribution is 6.02. The molecular weight excluding hydrogens is 417 g/mol. The number of halogens is 1. The van der Waals surface area contributed by atoms with Gasteiger partial charge in [-0.3, -0.25) is 10.1 Å². The molecule has 0 aromatic heterocycles. The Morgan fingerprint density at radius 1 is 0.969 bits per heavy atom. The average Bonchev–Trinajstić information content (AvgIpc) is 2.80. The summed E-state index contributed by atoms with van der Waals surface area (Å²) >= 11 is 0. The van der Waals surface area contributed by atoms with E-state index in [1.165, 1.54) is 18.2 Å². The summed E-state index contributed by atoms with van der Waals surface area (Å²) in [6.07, 6.45) is -3.14. The number of aliphatic hydroxyl groups is 1. The lowest BCUT2D eigenvalue weighted by Crippen LogP contribution is -2.36. The first-order valence-corrected chi connectivity index (χ1v) is 9.86. The van der Waals surface area contributed by atoms with Crippen molar-refractivity contribution in [3.05, 3.63) is 95.8 Å². The zero-order valence-corrected chi connectivity index (χ0v) is 17.0. The summed E-state index contributed by atoms with van der Waals surface area (Å²) in [7, 11) is 0. The van der Waals surface area contributed by atoms with E-state index in [0.29, 0.717) is 5.75 Å². The van der Waals surface area contributed by atoms with Crippen LogP contribution in [0.15, 0.2) is 78.9 Å². The normalized spacial score (nSPS) is 12.4. The third-order valence-corrected chi connectivity index (χ3v) is 4.57. The van der Waals surface area contributed by atoms with E-state index in [0.717, 1.165) is 12.1 Å². The van der Waals surface area contributed by atoms with Crippen molar-refractivity contribution in [1.82, 2.24) is 5.32 Å². The largest absolute Gasteiger partial charge is 0.505 e. The topological polar surface area (TPSA) is 105 Å². The summed E-state index contributed by atoms with van der Waals surface area (Å²) < 4.78 is 25.4. The van der Waals surface area contributed by atoms with Gasteiger partial charge in [0.15, 0.2) is 17.7 Å². The van der Waals surface area contributed by atoms with E-state index in [1.54, 1.807) is 48.5 Å². The lowest BCUT2D eigenvalue weighted by molar-refractivity contribution is 0.00372. The standard InChI is InChI=1S/C24H22FNO6/c25-19-15-17(11-12-20(19)28)22(21(13-14-27)31-18-9-5-2-6-10-18)32-24(30)26-23(29)16-7-3-1-4-8-16/h1-12,15,21-22,27-28H,13-14H2,(H,26,29,30)/t21-,22-/m1/s1. The second-order valence-electron chi connectivity index (χ2n) is 6.84. The highest BCUT2D eigenvalue weighted by Gasteiger charge is 2.30. The zero-order chi connectivity index (χ0) is 22.9. The molecule has 0 bridgehead atoms. The van der Waals surface area contributed by atoms with Crippen molar-refractivity contribution in [3.63, 3.8) is 0 Å². The number of phenols is 1. The molecule has 0 heterocycles. The van der Waals surface area contributed by atoms with Gasteiger partial charge in [0.05, 0.1) is 0 Å². The number of alkyl carbamates (subject to hydrolysis) is 1. The van der Waals surface area contributed by atoms with E-state index in [9.17, 15) is 24.2 Å². The van der Waals surface area contributed by atoms with Crippen molar-refractivity contribution in [3.8, 4) is 11.5 Å². The third kappa shape index (κ3) is 6.05. The summed E-state index contributed by atoms with van der Waals surface area (Å²) in [5.74, 6) is -1.72. The minimum absolute atomic E-state index is 0.0436. The summed E-state index contributed by atoms with van der Waals surface area (Å²) in [5, 5.41) is 21.2. The second-order valence-corrected chi connectivity index (χ2v) is 6.84. The first-order valence-electron chi connectivity index (χ1n) is 9.86. The number of imide groups is 1. The number of ether oxygens (including phenoxy) is 2. The van der Waals surface area contributed by atoms with Gasteiger partial charge in [0, 0.05) is 18.6 Å². The molecule has 7 nitrogen and oxygen atoms in total. The van der Waals surface area contributed by atoms with Crippen LogP contribution < -0.4 is 10.1 Å². The number of nitrogens with one attached hydrogen (secondary N) is 1. The van der Waals surface area contributed by atoms with Crippen molar-refractivity contribution in [1.29, 1.82) is 0 Å². The lowest BCUT2D eigenvalue weighted by atomic mass is 10.0. The quantitative estimate of drug-likeness (QED) is 0.491. The number of carbonyl (C=O) groups is 2. The van der Waals surface area contributed by atoms with Crippen molar-refractivity contribution in [2.24, 2.45) is 0 Å². The molecule has 3 rings (SSSR count). The van der Waals surface area contributed by atoms with E-state index in [1.807, 2.05) is 0 Å². The molecule has 0 radical (unpaired) electrons. The number of rotatable bonds is 8. The number of para-hydroxylation sites is 1. The Balaban J connectivity index is 1.85. The van der Waals surface area contributed by atoms with Gasteiger partial charge in [0.1, 0.15) is 11.9 Å². The van der Waals surface area contributed by atoms with Gasteiger partial charge in [-0.2, -0.15) is 0 Å². The van der Waals surface area contributed by atoms with Crippen LogP contribution in [0.25, 0.3) is 0 Å². The highest BCUT2D eigenvalue weighted by Crippen LogP contribution is 2.30. The number of amides is 2. The first kappa shape index (κ1) is 22.8. The molecule has 0 spiro atoms. The number of benzene rings is 3. The van der Waals surface area contributed by atoms with Gasteiger partial charge in [0.2, 0.25) is 0 Å². The minimum atomic E-state index is -1.19. The van der Waals surface area contributed by atoms with Crippen molar-refractivity contribution < 1.29 is 33.7 Å². The molecule has 3 aromatic carbocycles. The van der Waals surface area contributed by atoms with Crippen LogP contribution in [0.2, 0.25) is 0 Å². The van der Waals surface area contributed by atoms with Crippen molar-refractivity contribution >= 4 is 12.0 Å². The van der Waals surface area contributed by atoms with Crippen LogP contribution in [-0.4, -0.2) is 34.9 Å². The van der Waals surface area contributed by atoms with Crippen LogP contribution >= 0.6 is 0 Å². The van der Waals surface area contributed by atoms with Gasteiger partial charge in [-0.1, -0.05) is 42.5 Å². The van der Waals surface area contributed by atoms with Gasteiger partial charge in [0.25, 0.3) is 5.91 Å². The van der Waals surface area contributed by atoms with Gasteiger partial charge < -0.3 is 19.7 Å². The number of phenolic OH excluding ortho intramolecular Hbond substituents is 1. The Hall–Kier alpha value is -3.91. The predicted molar refractivity (Wildman–Crippen MR) is 114 cm³/mol. The molecule has 2 amide bonds. The fourth-order valence-corrected chi connectivity index (χ4v) is 3.03. The molecule has 8 heteroatoms. The molecule has 3 aromatic rings. The van der Waals surface area contributed by atoms with Crippen LogP contribution in [0.5, 0.6) is 11.5 Å². The highest BCUT2D eigenvalue weighted by atomic mass is 19.1. The second kappa shape index (κ2) is 10.9. The molecule has 0 saturated heterocycles. The summed E-state index contributed by atoms with van der Waals surface area (Å²) in [6, 6.07) is 20.2. The third-order valence-electron chi connectivity index (χ3n) is 4.57. The van der Waals surface area contributed by atoms with Gasteiger partial charge in [-0.15, -0.1) is 0 Å². The number of aromatic hydroxyl groups is 1. The first-order chi connectivity index (χ1) is 15.5. The van der Waals surface area contributed by atoms with Crippen LogP contribution in [0.1, 0.15) is 28.4 Å². The molecule has 166 valence electrons. The summed E-state index contributed by atoms with van der Waals surface area (Å²) in [5.41, 5.74) is 0.432. The molecule has 0 aliphatic carbocycles. The van der Waals surface area contributed by atoms with Gasteiger partial charge >= 0.3 is 6.09 Å². The molecule has 0 aliphatic heterocycles.